The lowest BCUT2D eigenvalue weighted by Gasteiger charge is -2.29. The summed E-state index contributed by atoms with van der Waals surface area (Å²) in [6.07, 6.45) is 0.847. The summed E-state index contributed by atoms with van der Waals surface area (Å²) in [5.74, 6) is 0.752. The van der Waals surface area contributed by atoms with E-state index in [1.807, 2.05) is 25.1 Å². The maximum Gasteiger partial charge on any atom is 0.273 e. The summed E-state index contributed by atoms with van der Waals surface area (Å²) in [4.78, 5) is 2.04. The average molecular weight is 340 g/mol. The molecule has 3 rings (SSSR count). The zero-order valence-electron chi connectivity index (χ0n) is 11.6. The van der Waals surface area contributed by atoms with Crippen molar-refractivity contribution in [1.29, 1.82) is 0 Å². The van der Waals surface area contributed by atoms with E-state index >= 15 is 0 Å². The van der Waals surface area contributed by atoms with Crippen LogP contribution in [-0.4, -0.2) is 20.7 Å². The van der Waals surface area contributed by atoms with Crippen molar-refractivity contribution in [2.75, 3.05) is 22.3 Å². The summed E-state index contributed by atoms with van der Waals surface area (Å²) in [6.45, 7) is 2.50. The molecule has 0 saturated heterocycles. The van der Waals surface area contributed by atoms with Crippen LogP contribution in [0, 0.1) is 0 Å². The second kappa shape index (κ2) is 5.55. The number of anilines is 2. The molecule has 4 nitrogen and oxygen atoms in total. The van der Waals surface area contributed by atoms with Gasteiger partial charge in [-0.05, 0) is 36.8 Å². The van der Waals surface area contributed by atoms with Crippen molar-refractivity contribution in [3.63, 3.8) is 0 Å². The molecule has 0 aliphatic carbocycles. The van der Waals surface area contributed by atoms with Gasteiger partial charge in [-0.15, -0.1) is 23.1 Å². The largest absolute Gasteiger partial charge is 0.399 e. The maximum absolute atomic E-state index is 12.9. The second-order valence-electron chi connectivity index (χ2n) is 4.73. The molecule has 2 aromatic rings. The van der Waals surface area contributed by atoms with E-state index in [0.29, 0.717) is 22.1 Å². The first-order chi connectivity index (χ1) is 10.0. The van der Waals surface area contributed by atoms with Crippen LogP contribution in [0.15, 0.2) is 39.4 Å². The molecule has 0 saturated carbocycles. The molecule has 0 fully saturated rings. The number of nitrogen functional groups attached to an aromatic ring is 1. The van der Waals surface area contributed by atoms with Gasteiger partial charge in [-0.25, -0.2) is 8.42 Å². The number of benzene rings is 1. The van der Waals surface area contributed by atoms with Crippen LogP contribution in [-0.2, 0) is 16.4 Å². The molecule has 0 unspecified atom stereocenters. The Bertz CT molecular complexity index is 768. The van der Waals surface area contributed by atoms with Crippen LogP contribution >= 0.6 is 23.1 Å². The Morgan fingerprint density at radius 3 is 2.81 bits per heavy atom. The van der Waals surface area contributed by atoms with Crippen LogP contribution in [0.2, 0.25) is 0 Å². The fourth-order valence-corrected chi connectivity index (χ4v) is 6.29. The summed E-state index contributed by atoms with van der Waals surface area (Å²) >= 11 is 3.01. The van der Waals surface area contributed by atoms with Crippen molar-refractivity contribution in [2.45, 2.75) is 22.4 Å². The normalized spacial score (nSPS) is 15.0. The first-order valence-corrected chi connectivity index (χ1v) is 9.90. The van der Waals surface area contributed by atoms with Gasteiger partial charge < -0.3 is 5.73 Å². The fraction of sp³-hybridized carbons (Fsp3) is 0.286. The number of hydrogen-bond acceptors (Lipinski definition) is 5. The molecule has 1 aliphatic heterocycles. The van der Waals surface area contributed by atoms with Gasteiger partial charge in [-0.3, -0.25) is 4.31 Å². The minimum absolute atomic E-state index is 0.402. The Labute approximate surface area is 133 Å². The van der Waals surface area contributed by atoms with Gasteiger partial charge in [0.15, 0.2) is 0 Å². The van der Waals surface area contributed by atoms with E-state index < -0.39 is 10.0 Å². The quantitative estimate of drug-likeness (QED) is 0.872. The first kappa shape index (κ1) is 14.7. The van der Waals surface area contributed by atoms with Gasteiger partial charge in [0, 0.05) is 27.8 Å². The van der Waals surface area contributed by atoms with Crippen LogP contribution in [0.3, 0.4) is 0 Å². The molecule has 2 N–H and O–H groups in total. The number of thioether (sulfide) groups is 1. The molecule has 0 amide bonds. The highest BCUT2D eigenvalue weighted by Gasteiger charge is 2.30. The SMILES string of the molecule is CCc1ccc(S(=O)(=O)N2CCSc3ccc(N)cc32)s1. The highest BCUT2D eigenvalue weighted by molar-refractivity contribution is 8.00. The molecule has 21 heavy (non-hydrogen) atoms. The van der Waals surface area contributed by atoms with Gasteiger partial charge in [0.05, 0.1) is 5.69 Å². The lowest BCUT2D eigenvalue weighted by Crippen LogP contribution is -2.35. The summed E-state index contributed by atoms with van der Waals surface area (Å²) in [7, 11) is -3.50. The number of fused-ring (bicyclic) bond motifs is 1. The van der Waals surface area contributed by atoms with Gasteiger partial charge in [0.25, 0.3) is 10.0 Å². The van der Waals surface area contributed by atoms with Crippen molar-refractivity contribution < 1.29 is 8.42 Å². The Morgan fingerprint density at radius 2 is 2.10 bits per heavy atom. The van der Waals surface area contributed by atoms with Crippen LogP contribution in [0.25, 0.3) is 0 Å². The number of sulfonamides is 1. The number of thiophene rings is 1. The first-order valence-electron chi connectivity index (χ1n) is 6.66. The van der Waals surface area contributed by atoms with Crippen molar-refractivity contribution in [3.8, 4) is 0 Å². The molecular weight excluding hydrogens is 324 g/mol. The minimum Gasteiger partial charge on any atom is -0.399 e. The van der Waals surface area contributed by atoms with E-state index in [4.69, 9.17) is 5.73 Å². The van der Waals surface area contributed by atoms with Crippen LogP contribution in [0.5, 0.6) is 0 Å². The van der Waals surface area contributed by atoms with Crippen LogP contribution < -0.4 is 10.0 Å². The maximum atomic E-state index is 12.9. The Morgan fingerprint density at radius 1 is 1.29 bits per heavy atom. The number of aryl methyl sites for hydroxylation is 1. The third-order valence-electron chi connectivity index (χ3n) is 3.33. The van der Waals surface area contributed by atoms with E-state index in [-0.39, 0.29) is 0 Å². The second-order valence-corrected chi connectivity index (χ2v) is 9.12. The van der Waals surface area contributed by atoms with Crippen molar-refractivity contribution in [1.82, 2.24) is 0 Å². The number of nitrogens with zero attached hydrogens (tertiary/aromatic N) is 1. The Balaban J connectivity index is 2.07. The van der Waals surface area contributed by atoms with E-state index in [0.717, 1.165) is 21.9 Å². The lowest BCUT2D eigenvalue weighted by atomic mass is 10.3. The molecule has 1 aromatic heterocycles. The summed E-state index contributed by atoms with van der Waals surface area (Å²) in [5, 5.41) is 0. The molecule has 1 aliphatic rings. The fourth-order valence-electron chi connectivity index (χ4n) is 2.26. The molecule has 0 spiro atoms. The highest BCUT2D eigenvalue weighted by Crippen LogP contribution is 2.39. The van der Waals surface area contributed by atoms with Crippen molar-refractivity contribution >= 4 is 44.5 Å². The van der Waals surface area contributed by atoms with Gasteiger partial charge in [0.2, 0.25) is 0 Å². The predicted molar refractivity (Wildman–Crippen MR) is 89.8 cm³/mol. The van der Waals surface area contributed by atoms with Crippen LogP contribution in [0.4, 0.5) is 11.4 Å². The number of nitrogens with two attached hydrogens (primary N) is 1. The number of hydrogen-bond donors (Lipinski definition) is 1. The van der Waals surface area contributed by atoms with Gasteiger partial charge >= 0.3 is 0 Å². The van der Waals surface area contributed by atoms with Crippen molar-refractivity contribution in [2.24, 2.45) is 0 Å². The smallest absolute Gasteiger partial charge is 0.273 e. The van der Waals surface area contributed by atoms with E-state index in [2.05, 4.69) is 0 Å². The standard InChI is InChI=1S/C14H16N2O2S3/c1-2-11-4-6-14(20-11)21(17,18)16-7-8-19-13-5-3-10(15)9-12(13)16/h3-6,9H,2,7-8,15H2,1H3. The average Bonchev–Trinajstić information content (AvgIpc) is 2.96. The monoisotopic (exact) mass is 340 g/mol. The highest BCUT2D eigenvalue weighted by atomic mass is 32.2. The van der Waals surface area contributed by atoms with E-state index in [9.17, 15) is 8.42 Å². The molecule has 0 radical (unpaired) electrons. The predicted octanol–water partition coefficient (Wildman–Crippen LogP) is 3.19. The van der Waals surface area contributed by atoms with Gasteiger partial charge in [0.1, 0.15) is 4.21 Å². The molecule has 0 atom stereocenters. The zero-order valence-corrected chi connectivity index (χ0v) is 14.0. The van der Waals surface area contributed by atoms with Gasteiger partial charge in [-0.1, -0.05) is 6.92 Å². The molecule has 7 heteroatoms. The molecule has 2 heterocycles. The molecular formula is C14H16N2O2S3. The number of rotatable bonds is 3. The Kier molecular flexibility index (Phi) is 3.90. The van der Waals surface area contributed by atoms with Gasteiger partial charge in [-0.2, -0.15) is 0 Å². The Hall–Kier alpha value is -1.18. The van der Waals surface area contributed by atoms with Crippen LogP contribution in [0.1, 0.15) is 11.8 Å². The molecule has 112 valence electrons. The zero-order chi connectivity index (χ0) is 15.0. The summed E-state index contributed by atoms with van der Waals surface area (Å²) in [5.41, 5.74) is 7.10. The minimum atomic E-state index is -3.50. The molecule has 0 bridgehead atoms. The third-order valence-corrected chi connectivity index (χ3v) is 7.89. The van der Waals surface area contributed by atoms with Crippen molar-refractivity contribution in [3.05, 3.63) is 35.2 Å². The third kappa shape index (κ3) is 2.65. The van der Waals surface area contributed by atoms with E-state index in [1.54, 1.807) is 23.9 Å². The van der Waals surface area contributed by atoms with E-state index in [1.165, 1.54) is 15.6 Å². The topological polar surface area (TPSA) is 63.4 Å². The summed E-state index contributed by atoms with van der Waals surface area (Å²) < 4.78 is 27.6. The lowest BCUT2D eigenvalue weighted by molar-refractivity contribution is 0.593. The molecule has 1 aromatic carbocycles. The summed E-state index contributed by atoms with van der Waals surface area (Å²) in [6, 6.07) is 9.03.